The van der Waals surface area contributed by atoms with Crippen molar-refractivity contribution in [2.45, 2.75) is 13.1 Å². The Bertz CT molecular complexity index is 689. The third-order valence-corrected chi connectivity index (χ3v) is 4.16. The lowest BCUT2D eigenvalue weighted by Crippen LogP contribution is -2.31. The quantitative estimate of drug-likeness (QED) is 0.831. The first-order chi connectivity index (χ1) is 10.3. The van der Waals surface area contributed by atoms with Crippen molar-refractivity contribution in [1.82, 2.24) is 4.90 Å². The molecule has 4 nitrogen and oxygen atoms in total. The van der Waals surface area contributed by atoms with Gasteiger partial charge in [-0.2, -0.15) is 0 Å². The number of nitrogens with zero attached hydrogens (tertiary/aromatic N) is 1. The molecule has 2 aromatic rings. The minimum atomic E-state index is 0.313. The van der Waals surface area contributed by atoms with Crippen LogP contribution in [0.4, 0.5) is 0 Å². The molecule has 0 saturated carbocycles. The third-order valence-electron chi connectivity index (χ3n) is 3.66. The van der Waals surface area contributed by atoms with Crippen molar-refractivity contribution in [3.05, 3.63) is 52.0 Å². The van der Waals surface area contributed by atoms with Gasteiger partial charge in [0.2, 0.25) is 6.79 Å². The van der Waals surface area contributed by atoms with Crippen LogP contribution in [0.2, 0.25) is 0 Å². The van der Waals surface area contributed by atoms with E-state index in [2.05, 4.69) is 33.0 Å². The highest BCUT2D eigenvalue weighted by Crippen LogP contribution is 2.34. The molecule has 4 rings (SSSR count). The lowest BCUT2D eigenvalue weighted by molar-refractivity contribution is 0.0886. The number of benzene rings is 2. The Hall–Kier alpha value is -1.72. The van der Waals surface area contributed by atoms with Gasteiger partial charge in [-0.3, -0.25) is 4.90 Å². The molecule has 5 heteroatoms. The summed E-state index contributed by atoms with van der Waals surface area (Å²) in [5.74, 6) is 2.62. The van der Waals surface area contributed by atoms with Gasteiger partial charge in [0.1, 0.15) is 12.5 Å². The van der Waals surface area contributed by atoms with E-state index in [0.717, 1.165) is 34.8 Å². The molecule has 0 aliphatic carbocycles. The molecule has 0 atom stereocenters. The second-order valence-electron chi connectivity index (χ2n) is 5.20. The van der Waals surface area contributed by atoms with Crippen LogP contribution in [0.5, 0.6) is 17.2 Å². The van der Waals surface area contributed by atoms with Crippen LogP contribution in [-0.2, 0) is 13.1 Å². The standard InChI is InChI=1S/C16H14BrNO3/c17-13-2-4-14-12(6-13)8-18(9-19-14)7-11-1-3-15-16(5-11)21-10-20-15/h1-6H,7-10H2. The number of fused-ring (bicyclic) bond motifs is 2. The highest BCUT2D eigenvalue weighted by Gasteiger charge is 2.19. The Morgan fingerprint density at radius 1 is 0.952 bits per heavy atom. The van der Waals surface area contributed by atoms with Crippen LogP contribution in [0.1, 0.15) is 11.1 Å². The Morgan fingerprint density at radius 2 is 1.81 bits per heavy atom. The molecular formula is C16H14BrNO3. The summed E-state index contributed by atoms with van der Waals surface area (Å²) in [5.41, 5.74) is 2.40. The minimum absolute atomic E-state index is 0.313. The van der Waals surface area contributed by atoms with Gasteiger partial charge in [-0.05, 0) is 35.9 Å². The fraction of sp³-hybridized carbons (Fsp3) is 0.250. The Balaban J connectivity index is 1.51. The van der Waals surface area contributed by atoms with E-state index in [1.807, 2.05) is 24.3 Å². The molecule has 2 aliphatic rings. The van der Waals surface area contributed by atoms with Crippen LogP contribution in [0.25, 0.3) is 0 Å². The van der Waals surface area contributed by atoms with Gasteiger partial charge in [0.05, 0.1) is 0 Å². The van der Waals surface area contributed by atoms with E-state index >= 15 is 0 Å². The van der Waals surface area contributed by atoms with Crippen LogP contribution < -0.4 is 14.2 Å². The average Bonchev–Trinajstić information content (AvgIpc) is 2.94. The monoisotopic (exact) mass is 347 g/mol. The predicted octanol–water partition coefficient (Wildman–Crippen LogP) is 3.53. The van der Waals surface area contributed by atoms with Crippen molar-refractivity contribution in [2.24, 2.45) is 0 Å². The van der Waals surface area contributed by atoms with Gasteiger partial charge in [0.25, 0.3) is 0 Å². The molecule has 0 spiro atoms. The predicted molar refractivity (Wildman–Crippen MR) is 81.4 cm³/mol. The van der Waals surface area contributed by atoms with E-state index in [1.54, 1.807) is 0 Å². The summed E-state index contributed by atoms with van der Waals surface area (Å²) in [4.78, 5) is 2.26. The molecule has 0 fully saturated rings. The zero-order valence-electron chi connectivity index (χ0n) is 11.3. The van der Waals surface area contributed by atoms with E-state index in [1.165, 1.54) is 11.1 Å². The highest BCUT2D eigenvalue weighted by molar-refractivity contribution is 9.10. The van der Waals surface area contributed by atoms with E-state index in [-0.39, 0.29) is 0 Å². The fourth-order valence-corrected chi connectivity index (χ4v) is 3.07. The Labute approximate surface area is 131 Å². The number of hydrogen-bond acceptors (Lipinski definition) is 4. The molecule has 2 aliphatic heterocycles. The lowest BCUT2D eigenvalue weighted by Gasteiger charge is -2.29. The van der Waals surface area contributed by atoms with Crippen molar-refractivity contribution >= 4 is 15.9 Å². The molecule has 0 aromatic heterocycles. The maximum atomic E-state index is 5.81. The molecule has 0 saturated heterocycles. The van der Waals surface area contributed by atoms with Crippen LogP contribution in [-0.4, -0.2) is 18.4 Å². The first-order valence-corrected chi connectivity index (χ1v) is 7.59. The first-order valence-electron chi connectivity index (χ1n) is 6.80. The summed E-state index contributed by atoms with van der Waals surface area (Å²) < 4.78 is 17.6. The summed E-state index contributed by atoms with van der Waals surface area (Å²) >= 11 is 3.51. The third kappa shape index (κ3) is 2.59. The van der Waals surface area contributed by atoms with E-state index in [0.29, 0.717) is 13.5 Å². The number of halogens is 1. The van der Waals surface area contributed by atoms with Crippen LogP contribution >= 0.6 is 15.9 Å². The molecule has 0 unspecified atom stereocenters. The van der Waals surface area contributed by atoms with Gasteiger partial charge < -0.3 is 14.2 Å². The molecule has 0 N–H and O–H groups in total. The molecule has 2 aromatic carbocycles. The average molecular weight is 348 g/mol. The van der Waals surface area contributed by atoms with Gasteiger partial charge >= 0.3 is 0 Å². The fourth-order valence-electron chi connectivity index (χ4n) is 2.66. The van der Waals surface area contributed by atoms with Crippen LogP contribution in [0, 0.1) is 0 Å². The van der Waals surface area contributed by atoms with Gasteiger partial charge in [-0.25, -0.2) is 0 Å². The van der Waals surface area contributed by atoms with Gasteiger partial charge in [-0.1, -0.05) is 22.0 Å². The lowest BCUT2D eigenvalue weighted by atomic mass is 10.1. The Morgan fingerprint density at radius 3 is 2.76 bits per heavy atom. The molecule has 2 heterocycles. The van der Waals surface area contributed by atoms with E-state index in [4.69, 9.17) is 14.2 Å². The minimum Gasteiger partial charge on any atom is -0.478 e. The number of hydrogen-bond donors (Lipinski definition) is 0. The Kier molecular flexibility index (Phi) is 3.24. The molecule has 0 amide bonds. The van der Waals surface area contributed by atoms with E-state index in [9.17, 15) is 0 Å². The smallest absolute Gasteiger partial charge is 0.231 e. The van der Waals surface area contributed by atoms with Gasteiger partial charge in [0.15, 0.2) is 11.5 Å². The molecule has 0 bridgehead atoms. The number of rotatable bonds is 2. The van der Waals surface area contributed by atoms with Gasteiger partial charge in [-0.15, -0.1) is 0 Å². The van der Waals surface area contributed by atoms with Crippen LogP contribution in [0.3, 0.4) is 0 Å². The van der Waals surface area contributed by atoms with Crippen molar-refractivity contribution in [3.8, 4) is 17.2 Å². The molecule has 0 radical (unpaired) electrons. The number of ether oxygens (including phenoxy) is 3. The van der Waals surface area contributed by atoms with Crippen molar-refractivity contribution < 1.29 is 14.2 Å². The maximum absolute atomic E-state index is 5.81. The summed E-state index contributed by atoms with van der Waals surface area (Å²) in [6.45, 7) is 2.61. The second-order valence-corrected chi connectivity index (χ2v) is 6.12. The van der Waals surface area contributed by atoms with Crippen LogP contribution in [0.15, 0.2) is 40.9 Å². The second kappa shape index (κ2) is 5.24. The first kappa shape index (κ1) is 13.0. The normalized spacial score (nSPS) is 16.4. The van der Waals surface area contributed by atoms with Gasteiger partial charge in [0, 0.05) is 23.1 Å². The topological polar surface area (TPSA) is 30.9 Å². The summed E-state index contributed by atoms with van der Waals surface area (Å²) in [7, 11) is 0. The zero-order chi connectivity index (χ0) is 14.2. The molecule has 108 valence electrons. The van der Waals surface area contributed by atoms with Crippen molar-refractivity contribution in [2.75, 3.05) is 13.5 Å². The largest absolute Gasteiger partial charge is 0.478 e. The molecular weight excluding hydrogens is 334 g/mol. The summed E-state index contributed by atoms with van der Waals surface area (Å²) in [5, 5.41) is 0. The zero-order valence-corrected chi connectivity index (χ0v) is 12.9. The van der Waals surface area contributed by atoms with E-state index < -0.39 is 0 Å². The van der Waals surface area contributed by atoms with Crippen molar-refractivity contribution in [3.63, 3.8) is 0 Å². The molecule has 21 heavy (non-hydrogen) atoms. The SMILES string of the molecule is Brc1ccc2c(c1)CN(Cc1ccc3c(c1)OCO3)CO2. The maximum Gasteiger partial charge on any atom is 0.231 e. The highest BCUT2D eigenvalue weighted by atomic mass is 79.9. The van der Waals surface area contributed by atoms with Crippen molar-refractivity contribution in [1.29, 1.82) is 0 Å². The summed E-state index contributed by atoms with van der Waals surface area (Å²) in [6, 6.07) is 12.2. The summed E-state index contributed by atoms with van der Waals surface area (Å²) in [6.07, 6.45) is 0.